The minimum Gasteiger partial charge on any atom is -0.488 e. The van der Waals surface area contributed by atoms with Gasteiger partial charge in [-0.2, -0.15) is 5.10 Å². The summed E-state index contributed by atoms with van der Waals surface area (Å²) in [6, 6.07) is 7.65. The molecule has 1 saturated heterocycles. The van der Waals surface area contributed by atoms with Gasteiger partial charge in [-0.1, -0.05) is 0 Å². The average molecular weight is 319 g/mol. The third kappa shape index (κ3) is 4.27. The average Bonchev–Trinajstić information content (AvgIpc) is 3.18. The summed E-state index contributed by atoms with van der Waals surface area (Å²) in [4.78, 5) is 4.27. The van der Waals surface area contributed by atoms with Crippen LogP contribution in [0.25, 0.3) is 0 Å². The second-order valence-electron chi connectivity index (χ2n) is 4.72. The van der Waals surface area contributed by atoms with Crippen molar-refractivity contribution in [3.05, 3.63) is 40.9 Å². The first-order chi connectivity index (χ1) is 10.8. The van der Waals surface area contributed by atoms with E-state index < -0.39 is 0 Å². The lowest BCUT2D eigenvalue weighted by Gasteiger charge is -2.10. The molecule has 1 N–H and O–H groups in total. The van der Waals surface area contributed by atoms with Gasteiger partial charge in [-0.15, -0.1) is 11.3 Å². The zero-order chi connectivity index (χ0) is 15.2. The molecule has 22 heavy (non-hydrogen) atoms. The summed E-state index contributed by atoms with van der Waals surface area (Å²) in [5.74, 6) is 0.778. The van der Waals surface area contributed by atoms with Crippen LogP contribution in [0.3, 0.4) is 0 Å². The molecule has 1 aromatic heterocycles. The molecule has 0 aliphatic carbocycles. The number of nitrogens with one attached hydrogen (secondary N) is 1. The number of ether oxygens (including phenoxy) is 3. The van der Waals surface area contributed by atoms with Crippen LogP contribution in [-0.2, 0) is 9.47 Å². The Hall–Kier alpha value is -1.96. The molecule has 1 fully saturated rings. The number of hydrazone groups is 1. The molecule has 1 aliphatic rings. The lowest BCUT2D eigenvalue weighted by atomic mass is 10.2. The number of hydrogen-bond acceptors (Lipinski definition) is 7. The fourth-order valence-corrected chi connectivity index (χ4v) is 2.52. The molecule has 0 amide bonds. The fourth-order valence-electron chi connectivity index (χ4n) is 1.89. The summed E-state index contributed by atoms with van der Waals surface area (Å²) in [5, 5.41) is 6.91. The number of thiazole rings is 1. The molecule has 6 nitrogen and oxygen atoms in total. The molecule has 0 bridgehead atoms. The highest BCUT2D eigenvalue weighted by Crippen LogP contribution is 2.15. The third-order valence-electron chi connectivity index (χ3n) is 2.95. The maximum atomic E-state index is 5.60. The first kappa shape index (κ1) is 15.0. The molecule has 7 heteroatoms. The van der Waals surface area contributed by atoms with Crippen LogP contribution in [0.4, 0.5) is 5.13 Å². The van der Waals surface area contributed by atoms with E-state index in [1.54, 1.807) is 6.21 Å². The van der Waals surface area contributed by atoms with Crippen molar-refractivity contribution >= 4 is 22.7 Å². The zero-order valence-corrected chi connectivity index (χ0v) is 13.0. The maximum Gasteiger partial charge on any atom is 0.203 e. The topological polar surface area (TPSA) is 65.0 Å². The standard InChI is InChI=1S/C15H17N3O3S/c1-11-10-22-15(17-11)18-16-8-12-2-4-13(5-3-12)21-9-14-19-6-7-20-14/h2-5,8,10,14H,6-7,9H2,1H3,(H,17,18). The minimum absolute atomic E-state index is 0.257. The molecule has 2 heterocycles. The van der Waals surface area contributed by atoms with Crippen molar-refractivity contribution in [3.63, 3.8) is 0 Å². The summed E-state index contributed by atoms with van der Waals surface area (Å²) >= 11 is 1.53. The Morgan fingerprint density at radius 1 is 1.36 bits per heavy atom. The molecule has 0 saturated carbocycles. The Kier molecular flexibility index (Phi) is 4.99. The molecule has 0 unspecified atom stereocenters. The number of anilines is 1. The van der Waals surface area contributed by atoms with E-state index in [-0.39, 0.29) is 6.29 Å². The summed E-state index contributed by atoms with van der Waals surface area (Å²) in [6.45, 7) is 3.62. The molecule has 1 aliphatic heterocycles. The van der Waals surface area contributed by atoms with Gasteiger partial charge in [-0.05, 0) is 36.8 Å². The van der Waals surface area contributed by atoms with Crippen molar-refractivity contribution in [3.8, 4) is 5.75 Å². The highest BCUT2D eigenvalue weighted by Gasteiger charge is 2.16. The largest absolute Gasteiger partial charge is 0.488 e. The molecule has 116 valence electrons. The molecule has 0 spiro atoms. The van der Waals surface area contributed by atoms with Crippen LogP contribution >= 0.6 is 11.3 Å². The van der Waals surface area contributed by atoms with Crippen molar-refractivity contribution in [2.45, 2.75) is 13.2 Å². The van der Waals surface area contributed by atoms with Crippen molar-refractivity contribution < 1.29 is 14.2 Å². The van der Waals surface area contributed by atoms with E-state index in [1.807, 2.05) is 36.6 Å². The van der Waals surface area contributed by atoms with Gasteiger partial charge in [0.25, 0.3) is 0 Å². The third-order valence-corrected chi connectivity index (χ3v) is 3.81. The Morgan fingerprint density at radius 3 is 2.82 bits per heavy atom. The number of nitrogens with zero attached hydrogens (tertiary/aromatic N) is 2. The van der Waals surface area contributed by atoms with E-state index in [0.29, 0.717) is 19.8 Å². The van der Waals surface area contributed by atoms with E-state index in [1.165, 1.54) is 11.3 Å². The summed E-state index contributed by atoms with van der Waals surface area (Å²) in [7, 11) is 0. The van der Waals surface area contributed by atoms with Crippen molar-refractivity contribution in [1.82, 2.24) is 4.98 Å². The summed E-state index contributed by atoms with van der Waals surface area (Å²) < 4.78 is 16.2. The maximum absolute atomic E-state index is 5.60. The van der Waals surface area contributed by atoms with Gasteiger partial charge in [-0.3, -0.25) is 5.43 Å². The molecule has 1 aromatic carbocycles. The second kappa shape index (κ2) is 7.35. The van der Waals surface area contributed by atoms with Crippen molar-refractivity contribution in [1.29, 1.82) is 0 Å². The summed E-state index contributed by atoms with van der Waals surface area (Å²) in [5.41, 5.74) is 4.86. The molecule has 0 atom stereocenters. The molecule has 2 aromatic rings. The lowest BCUT2D eigenvalue weighted by molar-refractivity contribution is -0.0684. The van der Waals surface area contributed by atoms with E-state index in [0.717, 1.165) is 22.1 Å². The Balaban J connectivity index is 1.48. The normalized spacial score (nSPS) is 15.5. The lowest BCUT2D eigenvalue weighted by Crippen LogP contribution is -2.18. The highest BCUT2D eigenvalue weighted by molar-refractivity contribution is 7.13. The SMILES string of the molecule is Cc1csc(NN=Cc2ccc(OCC3OCCO3)cc2)n1. The van der Waals surface area contributed by atoms with Gasteiger partial charge in [0.05, 0.1) is 25.1 Å². The van der Waals surface area contributed by atoms with Crippen LogP contribution < -0.4 is 10.2 Å². The van der Waals surface area contributed by atoms with Crippen LogP contribution in [0.1, 0.15) is 11.3 Å². The Morgan fingerprint density at radius 2 is 2.14 bits per heavy atom. The predicted molar refractivity (Wildman–Crippen MR) is 85.7 cm³/mol. The number of benzene rings is 1. The number of hydrogen-bond donors (Lipinski definition) is 1. The van der Waals surface area contributed by atoms with E-state index in [9.17, 15) is 0 Å². The number of aryl methyl sites for hydroxylation is 1. The van der Waals surface area contributed by atoms with Gasteiger partial charge in [0, 0.05) is 5.38 Å². The Labute approximate surface area is 132 Å². The van der Waals surface area contributed by atoms with Crippen LogP contribution in [0.5, 0.6) is 5.75 Å². The van der Waals surface area contributed by atoms with Gasteiger partial charge < -0.3 is 14.2 Å². The molecular formula is C15H17N3O3S. The van der Waals surface area contributed by atoms with Gasteiger partial charge >= 0.3 is 0 Å². The van der Waals surface area contributed by atoms with Gasteiger partial charge in [0.1, 0.15) is 12.4 Å². The van der Waals surface area contributed by atoms with E-state index in [2.05, 4.69) is 15.5 Å². The second-order valence-corrected chi connectivity index (χ2v) is 5.57. The molecule has 0 radical (unpaired) electrons. The Bertz CT molecular complexity index is 621. The number of aromatic nitrogens is 1. The van der Waals surface area contributed by atoms with E-state index >= 15 is 0 Å². The smallest absolute Gasteiger partial charge is 0.203 e. The summed E-state index contributed by atoms with van der Waals surface area (Å²) in [6.07, 6.45) is 1.48. The van der Waals surface area contributed by atoms with Crippen LogP contribution in [-0.4, -0.2) is 37.3 Å². The van der Waals surface area contributed by atoms with Gasteiger partial charge in [-0.25, -0.2) is 4.98 Å². The zero-order valence-electron chi connectivity index (χ0n) is 12.2. The van der Waals surface area contributed by atoms with Crippen LogP contribution in [0.2, 0.25) is 0 Å². The first-order valence-electron chi connectivity index (χ1n) is 6.97. The fraction of sp³-hybridized carbons (Fsp3) is 0.333. The highest BCUT2D eigenvalue weighted by atomic mass is 32.1. The molecule has 3 rings (SSSR count). The van der Waals surface area contributed by atoms with Crippen LogP contribution in [0.15, 0.2) is 34.7 Å². The van der Waals surface area contributed by atoms with E-state index in [4.69, 9.17) is 14.2 Å². The predicted octanol–water partition coefficient (Wildman–Crippen LogP) is 2.65. The monoisotopic (exact) mass is 319 g/mol. The van der Waals surface area contributed by atoms with Gasteiger partial charge in [0.2, 0.25) is 5.13 Å². The first-order valence-corrected chi connectivity index (χ1v) is 7.85. The van der Waals surface area contributed by atoms with Gasteiger partial charge in [0.15, 0.2) is 6.29 Å². The quantitative estimate of drug-likeness (QED) is 0.655. The van der Waals surface area contributed by atoms with Crippen LogP contribution in [0, 0.1) is 6.92 Å². The minimum atomic E-state index is -0.257. The van der Waals surface area contributed by atoms with Crippen molar-refractivity contribution in [2.75, 3.05) is 25.2 Å². The van der Waals surface area contributed by atoms with Crippen molar-refractivity contribution in [2.24, 2.45) is 5.10 Å². The number of rotatable bonds is 6. The molecular weight excluding hydrogens is 302 g/mol.